The Bertz CT molecular complexity index is 354. The van der Waals surface area contributed by atoms with E-state index in [2.05, 4.69) is 0 Å². The van der Waals surface area contributed by atoms with Crippen LogP contribution in [0, 0.1) is 0 Å². The van der Waals surface area contributed by atoms with E-state index in [1.54, 1.807) is 24.3 Å². The number of halogens is 2. The molecule has 0 saturated carbocycles. The van der Waals surface area contributed by atoms with E-state index in [0.29, 0.717) is 10.6 Å². The second-order valence-electron chi connectivity index (χ2n) is 4.11. The third-order valence-electron chi connectivity index (χ3n) is 2.01. The fourth-order valence-corrected chi connectivity index (χ4v) is 1.18. The minimum absolute atomic E-state index is 0.0744. The number of ether oxygens (including phenoxy) is 1. The predicted molar refractivity (Wildman–Crippen MR) is 61.5 cm³/mol. The molecule has 0 saturated heterocycles. The van der Waals surface area contributed by atoms with Crippen LogP contribution >= 0.6 is 11.6 Å². The molecule has 2 nitrogen and oxygen atoms in total. The number of rotatable bonds is 4. The van der Waals surface area contributed by atoms with Gasteiger partial charge in [-0.3, -0.25) is 0 Å². The number of hydrogen-bond acceptors (Lipinski definition) is 2. The molecule has 0 atom stereocenters. The Kier molecular flexibility index (Phi) is 4.30. The summed E-state index contributed by atoms with van der Waals surface area (Å²) in [7, 11) is 0. The molecule has 0 amide bonds. The highest BCUT2D eigenvalue weighted by molar-refractivity contribution is 6.30. The van der Waals surface area contributed by atoms with Gasteiger partial charge in [0.05, 0.1) is 12.2 Å². The fourth-order valence-electron chi connectivity index (χ4n) is 1.06. The van der Waals surface area contributed by atoms with Gasteiger partial charge in [-0.1, -0.05) is 11.6 Å². The van der Waals surface area contributed by atoms with E-state index in [-0.39, 0.29) is 13.0 Å². The average molecular weight is 245 g/mol. The zero-order valence-corrected chi connectivity index (χ0v) is 10.1. The molecule has 88 valence electrons. The maximum atomic E-state index is 13.1. The molecule has 1 aromatic carbocycles. The van der Waals surface area contributed by atoms with E-state index < -0.39 is 11.6 Å². The van der Waals surface area contributed by atoms with E-state index in [4.69, 9.17) is 16.3 Å². The highest BCUT2D eigenvalue weighted by Crippen LogP contribution is 2.14. The van der Waals surface area contributed by atoms with Gasteiger partial charge in [-0.05, 0) is 38.1 Å². The maximum Gasteiger partial charge on any atom is 0.338 e. The Balaban J connectivity index is 2.44. The van der Waals surface area contributed by atoms with Gasteiger partial charge in [0.1, 0.15) is 5.67 Å². The molecular weight excluding hydrogens is 231 g/mol. The molecule has 0 aromatic heterocycles. The van der Waals surface area contributed by atoms with Crippen molar-refractivity contribution in [1.82, 2.24) is 0 Å². The number of carbonyl (C=O) groups excluding carboxylic acids is 1. The first-order chi connectivity index (χ1) is 7.38. The summed E-state index contributed by atoms with van der Waals surface area (Å²) in [5, 5.41) is 0.557. The summed E-state index contributed by atoms with van der Waals surface area (Å²) in [6, 6.07) is 6.37. The largest absolute Gasteiger partial charge is 0.462 e. The van der Waals surface area contributed by atoms with Crippen LogP contribution in [-0.4, -0.2) is 18.2 Å². The Labute approximate surface area is 99.4 Å². The lowest BCUT2D eigenvalue weighted by Crippen LogP contribution is -2.17. The van der Waals surface area contributed by atoms with Crippen LogP contribution in [0.2, 0.25) is 5.02 Å². The van der Waals surface area contributed by atoms with Crippen molar-refractivity contribution < 1.29 is 13.9 Å². The summed E-state index contributed by atoms with van der Waals surface area (Å²) in [6.07, 6.45) is 0.187. The molecule has 1 aromatic rings. The van der Waals surface area contributed by atoms with Crippen molar-refractivity contribution >= 4 is 17.6 Å². The third kappa shape index (κ3) is 4.62. The second-order valence-corrected chi connectivity index (χ2v) is 4.55. The third-order valence-corrected chi connectivity index (χ3v) is 2.26. The van der Waals surface area contributed by atoms with Crippen molar-refractivity contribution in [1.29, 1.82) is 0 Å². The van der Waals surface area contributed by atoms with Gasteiger partial charge < -0.3 is 4.74 Å². The molecule has 0 heterocycles. The first-order valence-electron chi connectivity index (χ1n) is 5.00. The highest BCUT2D eigenvalue weighted by Gasteiger charge is 2.16. The molecular formula is C12H14ClFO2. The molecule has 0 aliphatic rings. The van der Waals surface area contributed by atoms with E-state index >= 15 is 0 Å². The topological polar surface area (TPSA) is 26.3 Å². The van der Waals surface area contributed by atoms with E-state index in [9.17, 15) is 9.18 Å². The SMILES string of the molecule is CC(C)(F)CCOC(=O)c1ccc(Cl)cc1. The number of alkyl halides is 1. The smallest absolute Gasteiger partial charge is 0.338 e. The molecule has 0 N–H and O–H groups in total. The van der Waals surface area contributed by atoms with Crippen LogP contribution in [-0.2, 0) is 4.74 Å². The van der Waals surface area contributed by atoms with Gasteiger partial charge in [0.2, 0.25) is 0 Å². The van der Waals surface area contributed by atoms with Gasteiger partial charge in [0, 0.05) is 11.4 Å². The van der Waals surface area contributed by atoms with Crippen LogP contribution in [0.25, 0.3) is 0 Å². The second kappa shape index (κ2) is 5.30. The first-order valence-corrected chi connectivity index (χ1v) is 5.38. The maximum absolute atomic E-state index is 13.1. The quantitative estimate of drug-likeness (QED) is 0.756. The van der Waals surface area contributed by atoms with Crippen LogP contribution in [0.4, 0.5) is 4.39 Å². The molecule has 0 aliphatic carbocycles. The van der Waals surface area contributed by atoms with Crippen LogP contribution in [0.5, 0.6) is 0 Å². The zero-order chi connectivity index (χ0) is 12.2. The summed E-state index contributed by atoms with van der Waals surface area (Å²) in [5.41, 5.74) is -0.902. The Morgan fingerprint density at radius 3 is 2.44 bits per heavy atom. The van der Waals surface area contributed by atoms with E-state index in [1.165, 1.54) is 13.8 Å². The summed E-state index contributed by atoms with van der Waals surface area (Å²) < 4.78 is 18.0. The zero-order valence-electron chi connectivity index (χ0n) is 9.30. The van der Waals surface area contributed by atoms with Crippen molar-refractivity contribution in [2.45, 2.75) is 25.9 Å². The molecule has 0 bridgehead atoms. The number of carbonyl (C=O) groups is 1. The van der Waals surface area contributed by atoms with Gasteiger partial charge >= 0.3 is 5.97 Å². The van der Waals surface area contributed by atoms with E-state index in [0.717, 1.165) is 0 Å². The first kappa shape index (κ1) is 13.0. The molecule has 0 aliphatic heterocycles. The number of benzene rings is 1. The Morgan fingerprint density at radius 1 is 1.38 bits per heavy atom. The average Bonchev–Trinajstić information content (AvgIpc) is 2.16. The van der Waals surface area contributed by atoms with Crippen LogP contribution < -0.4 is 0 Å². The molecule has 0 spiro atoms. The summed E-state index contributed by atoms with van der Waals surface area (Å²) in [5.74, 6) is -0.457. The van der Waals surface area contributed by atoms with Crippen LogP contribution in [0.3, 0.4) is 0 Å². The van der Waals surface area contributed by atoms with Crippen molar-refractivity contribution in [3.8, 4) is 0 Å². The monoisotopic (exact) mass is 244 g/mol. The lowest BCUT2D eigenvalue weighted by molar-refractivity contribution is 0.0432. The molecule has 16 heavy (non-hydrogen) atoms. The normalized spacial score (nSPS) is 11.2. The molecule has 0 unspecified atom stereocenters. The Hall–Kier alpha value is -1.09. The number of hydrogen-bond donors (Lipinski definition) is 0. The Morgan fingerprint density at radius 2 is 1.94 bits per heavy atom. The van der Waals surface area contributed by atoms with E-state index in [1.807, 2.05) is 0 Å². The van der Waals surface area contributed by atoms with Gasteiger partial charge in [0.25, 0.3) is 0 Å². The van der Waals surface area contributed by atoms with Gasteiger partial charge in [0.15, 0.2) is 0 Å². The minimum Gasteiger partial charge on any atom is -0.462 e. The van der Waals surface area contributed by atoms with Crippen molar-refractivity contribution in [2.24, 2.45) is 0 Å². The molecule has 0 radical (unpaired) electrons. The van der Waals surface area contributed by atoms with Gasteiger partial charge in [-0.25, -0.2) is 9.18 Å². The van der Waals surface area contributed by atoms with Gasteiger partial charge in [-0.2, -0.15) is 0 Å². The van der Waals surface area contributed by atoms with Crippen LogP contribution in [0.15, 0.2) is 24.3 Å². The highest BCUT2D eigenvalue weighted by atomic mass is 35.5. The summed E-state index contributed by atoms with van der Waals surface area (Å²) >= 11 is 5.68. The fraction of sp³-hybridized carbons (Fsp3) is 0.417. The van der Waals surface area contributed by atoms with Gasteiger partial charge in [-0.15, -0.1) is 0 Å². The lowest BCUT2D eigenvalue weighted by atomic mass is 10.1. The predicted octanol–water partition coefficient (Wildman–Crippen LogP) is 3.64. The summed E-state index contributed by atoms with van der Waals surface area (Å²) in [4.78, 5) is 11.5. The van der Waals surface area contributed by atoms with Crippen LogP contribution in [0.1, 0.15) is 30.6 Å². The molecule has 0 fully saturated rings. The summed E-state index contributed by atoms with van der Waals surface area (Å²) in [6.45, 7) is 2.97. The van der Waals surface area contributed by atoms with Crippen molar-refractivity contribution in [2.75, 3.05) is 6.61 Å². The molecule has 4 heteroatoms. The number of esters is 1. The lowest BCUT2D eigenvalue weighted by Gasteiger charge is -2.13. The van der Waals surface area contributed by atoms with Crippen molar-refractivity contribution in [3.05, 3.63) is 34.9 Å². The minimum atomic E-state index is -1.32. The van der Waals surface area contributed by atoms with Crippen molar-refractivity contribution in [3.63, 3.8) is 0 Å². The molecule has 1 rings (SSSR count). The standard InChI is InChI=1S/C12H14ClFO2/c1-12(2,14)7-8-16-11(15)9-3-5-10(13)6-4-9/h3-6H,7-8H2,1-2H3.